The maximum Gasteiger partial charge on any atom is 0.284 e. The molecule has 3 rings (SSSR count). The molecule has 29 heavy (non-hydrogen) atoms. The van der Waals surface area contributed by atoms with Crippen LogP contribution < -0.4 is 5.73 Å². The number of rotatable bonds is 5. The number of benzene rings is 3. The van der Waals surface area contributed by atoms with Gasteiger partial charge < -0.3 is 5.73 Å². The highest BCUT2D eigenvalue weighted by Crippen LogP contribution is 2.17. The fraction of sp³-hybridized carbons (Fsp3) is 0.0909. The predicted molar refractivity (Wildman–Crippen MR) is 121 cm³/mol. The standard InChI is InChI=1S/C22H21N3O2S2/c1-17-12-14-20(15-13-17)29(26,27)25-21(19-10-6-3-7-11-19)24-22(23)28-16-18-8-4-2-5-9-18/h2-15H,16H2,1H3,(H2,23,24,25). The first kappa shape index (κ1) is 20.8. The normalized spacial score (nSPS) is 12.7. The molecule has 0 spiro atoms. The zero-order valence-corrected chi connectivity index (χ0v) is 17.5. The number of nitrogens with zero attached hydrogens (tertiary/aromatic N) is 2. The third-order valence-corrected chi connectivity index (χ3v) is 6.15. The van der Waals surface area contributed by atoms with Crippen molar-refractivity contribution < 1.29 is 8.42 Å². The van der Waals surface area contributed by atoms with E-state index in [-0.39, 0.29) is 15.9 Å². The third kappa shape index (κ3) is 6.04. The summed E-state index contributed by atoms with van der Waals surface area (Å²) in [6.07, 6.45) is 0. The Morgan fingerprint density at radius 3 is 2.10 bits per heavy atom. The molecule has 0 heterocycles. The second-order valence-electron chi connectivity index (χ2n) is 6.29. The van der Waals surface area contributed by atoms with Crippen molar-refractivity contribution in [2.75, 3.05) is 0 Å². The highest BCUT2D eigenvalue weighted by molar-refractivity contribution is 8.13. The number of aryl methyl sites for hydroxylation is 1. The number of thioether (sulfide) groups is 1. The van der Waals surface area contributed by atoms with Gasteiger partial charge >= 0.3 is 0 Å². The first-order chi connectivity index (χ1) is 13.9. The van der Waals surface area contributed by atoms with Crippen LogP contribution in [0.15, 0.2) is 99.2 Å². The maximum atomic E-state index is 12.8. The summed E-state index contributed by atoms with van der Waals surface area (Å²) in [6.45, 7) is 1.89. The average Bonchev–Trinajstić information content (AvgIpc) is 2.73. The van der Waals surface area contributed by atoms with Crippen LogP contribution in [0.5, 0.6) is 0 Å². The van der Waals surface area contributed by atoms with Crippen molar-refractivity contribution in [1.82, 2.24) is 0 Å². The van der Waals surface area contributed by atoms with Crippen LogP contribution in [0.3, 0.4) is 0 Å². The van der Waals surface area contributed by atoms with E-state index in [9.17, 15) is 8.42 Å². The fourth-order valence-electron chi connectivity index (χ4n) is 2.47. The van der Waals surface area contributed by atoms with Crippen LogP contribution in [-0.2, 0) is 15.8 Å². The molecule has 0 fully saturated rings. The lowest BCUT2D eigenvalue weighted by atomic mass is 10.2. The van der Waals surface area contributed by atoms with Gasteiger partial charge in [-0.2, -0.15) is 8.42 Å². The summed E-state index contributed by atoms with van der Waals surface area (Å²) >= 11 is 1.33. The van der Waals surface area contributed by atoms with Crippen LogP contribution in [0.1, 0.15) is 16.7 Å². The topological polar surface area (TPSA) is 84.9 Å². The Bertz CT molecular complexity index is 1110. The van der Waals surface area contributed by atoms with Crippen LogP contribution in [0.2, 0.25) is 0 Å². The third-order valence-electron chi connectivity index (χ3n) is 4.00. The van der Waals surface area contributed by atoms with E-state index in [0.29, 0.717) is 11.3 Å². The molecule has 0 bridgehead atoms. The summed E-state index contributed by atoms with van der Waals surface area (Å²) < 4.78 is 29.5. The van der Waals surface area contributed by atoms with Gasteiger partial charge in [0, 0.05) is 11.3 Å². The van der Waals surface area contributed by atoms with Crippen LogP contribution in [0.4, 0.5) is 0 Å². The number of amidine groups is 2. The minimum absolute atomic E-state index is 0.0595. The highest BCUT2D eigenvalue weighted by atomic mass is 32.2. The first-order valence-corrected chi connectivity index (χ1v) is 11.3. The van der Waals surface area contributed by atoms with Crippen molar-refractivity contribution >= 4 is 32.8 Å². The smallest absolute Gasteiger partial charge is 0.284 e. The monoisotopic (exact) mass is 423 g/mol. The molecule has 0 saturated carbocycles. The van der Waals surface area contributed by atoms with Gasteiger partial charge in [0.25, 0.3) is 10.0 Å². The predicted octanol–water partition coefficient (Wildman–Crippen LogP) is 4.38. The summed E-state index contributed by atoms with van der Waals surface area (Å²) in [5.41, 5.74) is 8.72. The van der Waals surface area contributed by atoms with Crippen molar-refractivity contribution in [1.29, 1.82) is 0 Å². The van der Waals surface area contributed by atoms with Crippen molar-refractivity contribution in [3.8, 4) is 0 Å². The molecular formula is C22H21N3O2S2. The van der Waals surface area contributed by atoms with Gasteiger partial charge in [0.1, 0.15) is 0 Å². The van der Waals surface area contributed by atoms with E-state index >= 15 is 0 Å². The Labute approximate surface area is 175 Å². The summed E-state index contributed by atoms with van der Waals surface area (Å²) in [4.78, 5) is 4.43. The number of hydrogen-bond acceptors (Lipinski definition) is 3. The van der Waals surface area contributed by atoms with Crippen molar-refractivity contribution in [2.24, 2.45) is 15.1 Å². The second kappa shape index (κ2) is 9.54. The summed E-state index contributed by atoms with van der Waals surface area (Å²) in [5.74, 6) is 0.687. The molecule has 3 aromatic carbocycles. The maximum absolute atomic E-state index is 12.8. The summed E-state index contributed by atoms with van der Waals surface area (Å²) in [7, 11) is -3.92. The molecular weight excluding hydrogens is 402 g/mol. The van der Waals surface area contributed by atoms with Crippen molar-refractivity contribution in [3.05, 3.63) is 102 Å². The molecule has 0 radical (unpaired) electrons. The molecule has 0 aliphatic carbocycles. The lowest BCUT2D eigenvalue weighted by Crippen LogP contribution is -2.13. The van der Waals surface area contributed by atoms with Gasteiger partial charge in [0.05, 0.1) is 4.90 Å². The zero-order valence-electron chi connectivity index (χ0n) is 15.9. The van der Waals surface area contributed by atoms with Crippen LogP contribution in [0.25, 0.3) is 0 Å². The second-order valence-corrected chi connectivity index (χ2v) is 8.89. The number of nitrogens with two attached hydrogens (primary N) is 1. The first-order valence-electron chi connectivity index (χ1n) is 8.92. The van der Waals surface area contributed by atoms with Gasteiger partial charge in [-0.3, -0.25) is 0 Å². The quantitative estimate of drug-likeness (QED) is 0.487. The Morgan fingerprint density at radius 2 is 1.48 bits per heavy atom. The van der Waals surface area contributed by atoms with Gasteiger partial charge in [-0.15, -0.1) is 4.40 Å². The average molecular weight is 424 g/mol. The molecule has 0 atom stereocenters. The van der Waals surface area contributed by atoms with Gasteiger partial charge in [0.2, 0.25) is 0 Å². The molecule has 7 heteroatoms. The number of sulfonamides is 1. The SMILES string of the molecule is Cc1ccc(S(=O)(=O)N=C(N=C(N)SCc2ccccc2)c2ccccc2)cc1. The number of aliphatic imine (C=N–C) groups is 1. The molecule has 0 saturated heterocycles. The molecule has 3 aromatic rings. The van der Waals surface area contributed by atoms with Gasteiger partial charge in [-0.1, -0.05) is 90.1 Å². The molecule has 148 valence electrons. The van der Waals surface area contributed by atoms with E-state index in [0.717, 1.165) is 11.1 Å². The number of hydrogen-bond donors (Lipinski definition) is 1. The lowest BCUT2D eigenvalue weighted by Gasteiger charge is -2.06. The van der Waals surface area contributed by atoms with E-state index < -0.39 is 10.0 Å². The van der Waals surface area contributed by atoms with Crippen molar-refractivity contribution in [3.63, 3.8) is 0 Å². The largest absolute Gasteiger partial charge is 0.378 e. The van der Waals surface area contributed by atoms with E-state index in [1.807, 2.05) is 43.3 Å². The van der Waals surface area contributed by atoms with E-state index in [4.69, 9.17) is 5.73 Å². The van der Waals surface area contributed by atoms with Gasteiger partial charge in [-0.25, -0.2) is 4.99 Å². The minimum Gasteiger partial charge on any atom is -0.378 e. The zero-order chi connectivity index (χ0) is 20.7. The lowest BCUT2D eigenvalue weighted by molar-refractivity contribution is 0.598. The molecule has 0 aliphatic rings. The molecule has 5 nitrogen and oxygen atoms in total. The Kier molecular flexibility index (Phi) is 6.85. The summed E-state index contributed by atoms with van der Waals surface area (Å²) in [6, 6.07) is 25.3. The Morgan fingerprint density at radius 1 is 0.897 bits per heavy atom. The molecule has 2 N–H and O–H groups in total. The van der Waals surface area contributed by atoms with Crippen LogP contribution in [-0.4, -0.2) is 19.4 Å². The summed E-state index contributed by atoms with van der Waals surface area (Å²) in [5, 5.41) is 0.246. The molecule has 0 unspecified atom stereocenters. The fourth-order valence-corrected chi connectivity index (χ4v) is 4.09. The van der Waals surface area contributed by atoms with E-state index in [1.165, 1.54) is 23.9 Å². The van der Waals surface area contributed by atoms with E-state index in [1.54, 1.807) is 36.4 Å². The van der Waals surface area contributed by atoms with Gasteiger partial charge in [0.15, 0.2) is 11.0 Å². The minimum atomic E-state index is -3.92. The molecule has 0 aliphatic heterocycles. The Balaban J connectivity index is 1.92. The van der Waals surface area contributed by atoms with Crippen LogP contribution in [0, 0.1) is 6.92 Å². The molecule has 0 aromatic heterocycles. The van der Waals surface area contributed by atoms with E-state index in [2.05, 4.69) is 9.39 Å². The van der Waals surface area contributed by atoms with Crippen LogP contribution >= 0.6 is 11.8 Å². The highest BCUT2D eigenvalue weighted by Gasteiger charge is 2.15. The van der Waals surface area contributed by atoms with Gasteiger partial charge in [-0.05, 0) is 24.6 Å². The van der Waals surface area contributed by atoms with Crippen molar-refractivity contribution in [2.45, 2.75) is 17.6 Å². The molecule has 0 amide bonds. The Hall–Kier alpha value is -2.90.